The zero-order valence-corrected chi connectivity index (χ0v) is 14.0. The Morgan fingerprint density at radius 3 is 1.96 bits per heavy atom. The van der Waals surface area contributed by atoms with Crippen molar-refractivity contribution >= 4 is 29.1 Å². The molecule has 0 bridgehead atoms. The molecule has 6 nitrogen and oxygen atoms in total. The molecule has 1 rings (SSSR count). The average molecular weight is 319 g/mol. The van der Waals surface area contributed by atoms with Gasteiger partial charge in [0, 0.05) is 31.4 Å². The van der Waals surface area contributed by atoms with Crippen LogP contribution in [0.15, 0.2) is 24.3 Å². The highest BCUT2D eigenvalue weighted by atomic mass is 16.2. The first-order valence-electron chi connectivity index (χ1n) is 7.95. The quantitative estimate of drug-likeness (QED) is 0.758. The Labute approximate surface area is 137 Å². The van der Waals surface area contributed by atoms with E-state index in [1.54, 1.807) is 29.2 Å². The first kappa shape index (κ1) is 18.7. The van der Waals surface area contributed by atoms with E-state index >= 15 is 0 Å². The average Bonchev–Trinajstić information content (AvgIpc) is 2.52. The second-order valence-corrected chi connectivity index (χ2v) is 5.36. The van der Waals surface area contributed by atoms with E-state index in [0.29, 0.717) is 24.5 Å². The van der Waals surface area contributed by atoms with Crippen molar-refractivity contribution in [3.63, 3.8) is 0 Å². The molecule has 0 heterocycles. The van der Waals surface area contributed by atoms with Gasteiger partial charge in [0.25, 0.3) is 0 Å². The first-order chi connectivity index (χ1) is 11.0. The number of rotatable bonds is 7. The third-order valence-corrected chi connectivity index (χ3v) is 3.22. The lowest BCUT2D eigenvalue weighted by Crippen LogP contribution is -2.40. The minimum absolute atomic E-state index is 0.164. The minimum atomic E-state index is -0.637. The Balaban J connectivity index is 2.65. The third-order valence-electron chi connectivity index (χ3n) is 3.22. The summed E-state index contributed by atoms with van der Waals surface area (Å²) in [5, 5.41) is 5.23. The van der Waals surface area contributed by atoms with Gasteiger partial charge in [0.15, 0.2) is 0 Å². The number of carbonyl (C=O) groups excluding carboxylic acids is 3. The number of anilines is 2. The molecule has 0 spiro atoms. The van der Waals surface area contributed by atoms with Crippen LogP contribution in [-0.4, -0.2) is 35.7 Å². The van der Waals surface area contributed by atoms with Gasteiger partial charge in [0.05, 0.1) is 0 Å². The van der Waals surface area contributed by atoms with Gasteiger partial charge in [0.2, 0.25) is 5.91 Å². The summed E-state index contributed by atoms with van der Waals surface area (Å²) in [5.41, 5.74) is 1.15. The maximum absolute atomic E-state index is 12.2. The van der Waals surface area contributed by atoms with Gasteiger partial charge >= 0.3 is 11.8 Å². The number of hydrogen-bond acceptors (Lipinski definition) is 3. The van der Waals surface area contributed by atoms with Gasteiger partial charge in [-0.05, 0) is 37.1 Å². The van der Waals surface area contributed by atoms with E-state index in [1.807, 2.05) is 13.8 Å². The molecule has 0 aromatic heterocycles. The summed E-state index contributed by atoms with van der Waals surface area (Å²) in [6.45, 7) is 6.62. The zero-order chi connectivity index (χ0) is 17.2. The molecular weight excluding hydrogens is 294 g/mol. The molecule has 0 aliphatic heterocycles. The van der Waals surface area contributed by atoms with E-state index in [-0.39, 0.29) is 5.91 Å². The van der Waals surface area contributed by atoms with Crippen LogP contribution in [0.2, 0.25) is 0 Å². The van der Waals surface area contributed by atoms with E-state index in [9.17, 15) is 14.4 Å². The number of hydrogen-bond donors (Lipinski definition) is 2. The van der Waals surface area contributed by atoms with E-state index in [4.69, 9.17) is 0 Å². The molecule has 23 heavy (non-hydrogen) atoms. The molecule has 0 saturated heterocycles. The van der Waals surface area contributed by atoms with Gasteiger partial charge in [-0.2, -0.15) is 0 Å². The highest BCUT2D eigenvalue weighted by molar-refractivity contribution is 6.39. The van der Waals surface area contributed by atoms with Crippen LogP contribution in [0.3, 0.4) is 0 Å². The summed E-state index contributed by atoms with van der Waals surface area (Å²) >= 11 is 0. The van der Waals surface area contributed by atoms with Crippen LogP contribution < -0.4 is 10.6 Å². The SMILES string of the molecule is CCCCN(CCC)C(=O)C(=O)Nc1ccc(NC(C)=O)cc1. The Morgan fingerprint density at radius 2 is 1.48 bits per heavy atom. The predicted octanol–water partition coefficient (Wildman–Crippen LogP) is 2.62. The van der Waals surface area contributed by atoms with E-state index in [1.165, 1.54) is 6.92 Å². The molecule has 1 aromatic rings. The lowest BCUT2D eigenvalue weighted by atomic mass is 10.2. The van der Waals surface area contributed by atoms with Crippen LogP contribution >= 0.6 is 0 Å². The molecule has 0 aliphatic rings. The van der Waals surface area contributed by atoms with Gasteiger partial charge < -0.3 is 15.5 Å². The van der Waals surface area contributed by atoms with Gasteiger partial charge in [-0.15, -0.1) is 0 Å². The maximum atomic E-state index is 12.2. The third kappa shape index (κ3) is 6.50. The fourth-order valence-corrected chi connectivity index (χ4v) is 2.10. The van der Waals surface area contributed by atoms with Gasteiger partial charge in [-0.1, -0.05) is 20.3 Å². The summed E-state index contributed by atoms with van der Waals surface area (Å²) in [5.74, 6) is -1.31. The molecular formula is C17H25N3O3. The molecule has 0 aliphatic carbocycles. The summed E-state index contributed by atoms with van der Waals surface area (Å²) < 4.78 is 0. The molecule has 1 aromatic carbocycles. The number of nitrogens with zero attached hydrogens (tertiary/aromatic N) is 1. The van der Waals surface area contributed by atoms with Crippen LogP contribution in [0.25, 0.3) is 0 Å². The molecule has 6 heteroatoms. The number of benzene rings is 1. The highest BCUT2D eigenvalue weighted by Crippen LogP contribution is 2.13. The van der Waals surface area contributed by atoms with E-state index in [0.717, 1.165) is 19.3 Å². The monoisotopic (exact) mass is 319 g/mol. The van der Waals surface area contributed by atoms with Gasteiger partial charge in [-0.25, -0.2) is 0 Å². The van der Waals surface area contributed by atoms with Crippen molar-refractivity contribution in [1.29, 1.82) is 0 Å². The lowest BCUT2D eigenvalue weighted by molar-refractivity contribution is -0.143. The first-order valence-corrected chi connectivity index (χ1v) is 7.95. The standard InChI is InChI=1S/C17H25N3O3/c1-4-6-12-20(11-5-2)17(23)16(22)19-15-9-7-14(8-10-15)18-13(3)21/h7-10H,4-6,11-12H2,1-3H3,(H,18,21)(H,19,22). The largest absolute Gasteiger partial charge is 0.334 e. The topological polar surface area (TPSA) is 78.5 Å². The van der Waals surface area contributed by atoms with Crippen molar-refractivity contribution in [2.75, 3.05) is 23.7 Å². The molecule has 0 radical (unpaired) electrons. The van der Waals surface area contributed by atoms with E-state index < -0.39 is 11.8 Å². The van der Waals surface area contributed by atoms with Crippen LogP contribution in [-0.2, 0) is 14.4 Å². The highest BCUT2D eigenvalue weighted by Gasteiger charge is 2.20. The molecule has 126 valence electrons. The fraction of sp³-hybridized carbons (Fsp3) is 0.471. The van der Waals surface area contributed by atoms with Gasteiger partial charge in [-0.3, -0.25) is 14.4 Å². The van der Waals surface area contributed by atoms with Crippen molar-refractivity contribution < 1.29 is 14.4 Å². The summed E-state index contributed by atoms with van der Waals surface area (Å²) in [6.07, 6.45) is 2.66. The molecule has 0 saturated carbocycles. The molecule has 0 unspecified atom stereocenters. The maximum Gasteiger partial charge on any atom is 0.313 e. The zero-order valence-electron chi connectivity index (χ0n) is 14.0. The Morgan fingerprint density at radius 1 is 0.913 bits per heavy atom. The normalized spacial score (nSPS) is 10.0. The second kappa shape index (κ2) is 9.61. The Hall–Kier alpha value is -2.37. The summed E-state index contributed by atoms with van der Waals surface area (Å²) in [7, 11) is 0. The molecule has 3 amide bonds. The van der Waals surface area contributed by atoms with Crippen molar-refractivity contribution in [3.05, 3.63) is 24.3 Å². The summed E-state index contributed by atoms with van der Waals surface area (Å²) in [6, 6.07) is 6.63. The minimum Gasteiger partial charge on any atom is -0.334 e. The van der Waals surface area contributed by atoms with Crippen molar-refractivity contribution in [3.8, 4) is 0 Å². The second-order valence-electron chi connectivity index (χ2n) is 5.36. The molecule has 0 atom stereocenters. The summed E-state index contributed by atoms with van der Waals surface area (Å²) in [4.78, 5) is 36.8. The fourth-order valence-electron chi connectivity index (χ4n) is 2.10. The van der Waals surface area contributed by atoms with Crippen LogP contribution in [0.1, 0.15) is 40.0 Å². The number of carbonyl (C=O) groups is 3. The van der Waals surface area contributed by atoms with Crippen LogP contribution in [0, 0.1) is 0 Å². The lowest BCUT2D eigenvalue weighted by Gasteiger charge is -2.21. The van der Waals surface area contributed by atoms with Crippen LogP contribution in [0.4, 0.5) is 11.4 Å². The van der Waals surface area contributed by atoms with Crippen molar-refractivity contribution in [2.24, 2.45) is 0 Å². The predicted molar refractivity (Wildman–Crippen MR) is 91.2 cm³/mol. The van der Waals surface area contributed by atoms with Crippen molar-refractivity contribution in [2.45, 2.75) is 40.0 Å². The van der Waals surface area contributed by atoms with Gasteiger partial charge in [0.1, 0.15) is 0 Å². The van der Waals surface area contributed by atoms with Crippen molar-refractivity contribution in [1.82, 2.24) is 4.90 Å². The number of amides is 3. The molecule has 2 N–H and O–H groups in total. The van der Waals surface area contributed by atoms with Crippen LogP contribution in [0.5, 0.6) is 0 Å². The number of unbranched alkanes of at least 4 members (excludes halogenated alkanes) is 1. The molecule has 0 fully saturated rings. The number of nitrogens with one attached hydrogen (secondary N) is 2. The Kier molecular flexibility index (Phi) is 7.80. The Bertz CT molecular complexity index is 541. The smallest absolute Gasteiger partial charge is 0.313 e. The van der Waals surface area contributed by atoms with E-state index in [2.05, 4.69) is 10.6 Å².